The number of hydrogen-bond donors (Lipinski definition) is 2. The van der Waals surface area contributed by atoms with Crippen molar-refractivity contribution in [2.45, 2.75) is 0 Å². The summed E-state index contributed by atoms with van der Waals surface area (Å²) in [5, 5.41) is 5.73. The molecular weight excluding hydrogens is 481 g/mol. The zero-order valence-corrected chi connectivity index (χ0v) is 19.7. The molecule has 0 bridgehead atoms. The van der Waals surface area contributed by atoms with Crippen LogP contribution in [0.15, 0.2) is 84.9 Å². The molecule has 3 N–H and O–H groups in total. The topological polar surface area (TPSA) is 85.8 Å². The first-order valence-corrected chi connectivity index (χ1v) is 11.6. The molecule has 6 nitrogen and oxygen atoms in total. The zero-order chi connectivity index (χ0) is 24.1. The van der Waals surface area contributed by atoms with Gasteiger partial charge in [0.05, 0.1) is 26.8 Å². The SMILES string of the molecule is Nc1c(C(=O)Nc2cccc3ccccc23)c2nc3ccccc3nc2n1-c1ccc(Cl)c(Cl)c1. The van der Waals surface area contributed by atoms with E-state index in [0.717, 1.165) is 10.8 Å². The monoisotopic (exact) mass is 497 g/mol. The van der Waals surface area contributed by atoms with E-state index in [-0.39, 0.29) is 17.3 Å². The second kappa shape index (κ2) is 8.27. The van der Waals surface area contributed by atoms with Crippen LogP contribution in [-0.2, 0) is 0 Å². The molecule has 0 unspecified atom stereocenters. The number of carbonyl (C=O) groups excluding carboxylic acids is 1. The number of halogens is 2. The van der Waals surface area contributed by atoms with Crippen molar-refractivity contribution in [1.29, 1.82) is 0 Å². The summed E-state index contributed by atoms with van der Waals surface area (Å²) in [7, 11) is 0. The first-order chi connectivity index (χ1) is 17.0. The largest absolute Gasteiger partial charge is 0.384 e. The van der Waals surface area contributed by atoms with E-state index in [0.29, 0.717) is 43.6 Å². The average Bonchev–Trinajstić information content (AvgIpc) is 3.15. The van der Waals surface area contributed by atoms with Crippen molar-refractivity contribution < 1.29 is 4.79 Å². The Hall–Kier alpha value is -4.13. The number of anilines is 2. The molecular formula is C27H17Cl2N5O. The van der Waals surface area contributed by atoms with Crippen LogP contribution in [0.3, 0.4) is 0 Å². The van der Waals surface area contributed by atoms with Crippen LogP contribution in [0, 0.1) is 0 Å². The second-order valence-corrected chi connectivity index (χ2v) is 8.87. The zero-order valence-electron chi connectivity index (χ0n) is 18.2. The molecule has 6 rings (SSSR count). The van der Waals surface area contributed by atoms with E-state index in [1.54, 1.807) is 22.8 Å². The molecule has 0 saturated heterocycles. The molecule has 2 heterocycles. The van der Waals surface area contributed by atoms with Gasteiger partial charge >= 0.3 is 0 Å². The number of nitrogens with two attached hydrogens (primary N) is 1. The number of aromatic nitrogens is 3. The summed E-state index contributed by atoms with van der Waals surface area (Å²) in [6.45, 7) is 0. The van der Waals surface area contributed by atoms with Crippen LogP contribution in [-0.4, -0.2) is 20.4 Å². The summed E-state index contributed by atoms with van der Waals surface area (Å²) < 4.78 is 1.68. The molecule has 0 aliphatic rings. The van der Waals surface area contributed by atoms with E-state index in [2.05, 4.69) is 5.32 Å². The first-order valence-electron chi connectivity index (χ1n) is 10.8. The number of nitrogens with one attached hydrogen (secondary N) is 1. The number of nitrogen functional groups attached to an aromatic ring is 1. The molecule has 35 heavy (non-hydrogen) atoms. The predicted octanol–water partition coefficient (Wildman–Crippen LogP) is 6.87. The Kier molecular flexibility index (Phi) is 5.06. The molecule has 0 atom stereocenters. The van der Waals surface area contributed by atoms with E-state index in [9.17, 15) is 4.79 Å². The van der Waals surface area contributed by atoms with Crippen molar-refractivity contribution in [1.82, 2.24) is 14.5 Å². The summed E-state index contributed by atoms with van der Waals surface area (Å²) in [5.41, 5.74) is 10.3. The normalized spacial score (nSPS) is 11.4. The van der Waals surface area contributed by atoms with Gasteiger partial charge < -0.3 is 11.1 Å². The highest BCUT2D eigenvalue weighted by Gasteiger charge is 2.25. The highest BCUT2D eigenvalue weighted by Crippen LogP contribution is 2.34. The molecule has 0 aliphatic carbocycles. The lowest BCUT2D eigenvalue weighted by atomic mass is 10.1. The second-order valence-electron chi connectivity index (χ2n) is 8.06. The van der Waals surface area contributed by atoms with Gasteiger partial charge in [0, 0.05) is 11.1 Å². The van der Waals surface area contributed by atoms with E-state index < -0.39 is 0 Å². The minimum absolute atomic E-state index is 0.200. The molecule has 0 fully saturated rings. The highest BCUT2D eigenvalue weighted by atomic mass is 35.5. The third kappa shape index (κ3) is 3.55. The van der Waals surface area contributed by atoms with Crippen LogP contribution >= 0.6 is 23.2 Å². The van der Waals surface area contributed by atoms with Crippen LogP contribution in [0.5, 0.6) is 0 Å². The third-order valence-electron chi connectivity index (χ3n) is 5.92. The van der Waals surface area contributed by atoms with E-state index in [1.165, 1.54) is 0 Å². The first kappa shape index (κ1) is 21.4. The van der Waals surface area contributed by atoms with E-state index in [4.69, 9.17) is 38.9 Å². The maximum atomic E-state index is 13.7. The molecule has 4 aromatic carbocycles. The third-order valence-corrected chi connectivity index (χ3v) is 6.66. The summed E-state index contributed by atoms with van der Waals surface area (Å²) in [6, 6.07) is 26.2. The molecule has 2 aromatic heterocycles. The Labute approximate surface area is 209 Å². The Bertz CT molecular complexity index is 1790. The number of carbonyl (C=O) groups is 1. The summed E-state index contributed by atoms with van der Waals surface area (Å²) >= 11 is 12.4. The fraction of sp³-hybridized carbons (Fsp3) is 0. The lowest BCUT2D eigenvalue weighted by molar-refractivity contribution is 0.102. The number of hydrogen-bond acceptors (Lipinski definition) is 4. The number of amides is 1. The predicted molar refractivity (Wildman–Crippen MR) is 143 cm³/mol. The Morgan fingerprint density at radius 2 is 1.54 bits per heavy atom. The lowest BCUT2D eigenvalue weighted by Crippen LogP contribution is -2.14. The van der Waals surface area contributed by atoms with Crippen LogP contribution in [0.25, 0.3) is 38.7 Å². The minimum atomic E-state index is -0.382. The Balaban J connectivity index is 1.58. The Morgan fingerprint density at radius 3 is 2.34 bits per heavy atom. The van der Waals surface area contributed by atoms with E-state index >= 15 is 0 Å². The summed E-state index contributed by atoms with van der Waals surface area (Å²) in [4.78, 5) is 23.2. The number of rotatable bonds is 3. The van der Waals surface area contributed by atoms with Gasteiger partial charge in [0.15, 0.2) is 5.65 Å². The Morgan fingerprint density at radius 1 is 0.829 bits per heavy atom. The molecule has 0 saturated carbocycles. The van der Waals surface area contributed by atoms with Crippen LogP contribution in [0.2, 0.25) is 10.0 Å². The molecule has 0 spiro atoms. The van der Waals surface area contributed by atoms with Gasteiger partial charge in [0.2, 0.25) is 0 Å². The smallest absolute Gasteiger partial charge is 0.261 e. The van der Waals surface area contributed by atoms with Crippen molar-refractivity contribution in [2.75, 3.05) is 11.1 Å². The van der Waals surface area contributed by atoms with Crippen LogP contribution in [0.4, 0.5) is 11.5 Å². The van der Waals surface area contributed by atoms with Gasteiger partial charge in [-0.15, -0.1) is 0 Å². The van der Waals surface area contributed by atoms with Gasteiger partial charge in [-0.1, -0.05) is 71.7 Å². The van der Waals surface area contributed by atoms with Gasteiger partial charge in [-0.05, 0) is 41.8 Å². The van der Waals surface area contributed by atoms with Gasteiger partial charge in [-0.25, -0.2) is 9.97 Å². The number of fused-ring (bicyclic) bond motifs is 3. The van der Waals surface area contributed by atoms with Gasteiger partial charge in [-0.2, -0.15) is 0 Å². The molecule has 0 aliphatic heterocycles. The molecule has 8 heteroatoms. The lowest BCUT2D eigenvalue weighted by Gasteiger charge is -2.10. The van der Waals surface area contributed by atoms with E-state index in [1.807, 2.05) is 66.7 Å². The average molecular weight is 498 g/mol. The molecule has 170 valence electrons. The van der Waals surface area contributed by atoms with Crippen molar-refractivity contribution in [3.8, 4) is 5.69 Å². The summed E-state index contributed by atoms with van der Waals surface area (Å²) in [6.07, 6.45) is 0. The maximum Gasteiger partial charge on any atom is 0.261 e. The number of nitrogens with zero attached hydrogens (tertiary/aromatic N) is 3. The van der Waals surface area contributed by atoms with Crippen LogP contribution in [0.1, 0.15) is 10.4 Å². The minimum Gasteiger partial charge on any atom is -0.384 e. The van der Waals surface area contributed by atoms with Gasteiger partial charge in [0.1, 0.15) is 16.9 Å². The maximum absolute atomic E-state index is 13.7. The van der Waals surface area contributed by atoms with Crippen molar-refractivity contribution in [3.63, 3.8) is 0 Å². The highest BCUT2D eigenvalue weighted by molar-refractivity contribution is 6.42. The van der Waals surface area contributed by atoms with Crippen LogP contribution < -0.4 is 11.1 Å². The molecule has 1 amide bonds. The number of benzene rings is 4. The van der Waals surface area contributed by atoms with Crippen molar-refractivity contribution in [3.05, 3.63) is 101 Å². The number of para-hydroxylation sites is 2. The van der Waals surface area contributed by atoms with Gasteiger partial charge in [-0.3, -0.25) is 9.36 Å². The van der Waals surface area contributed by atoms with Crippen molar-refractivity contribution in [2.24, 2.45) is 0 Å². The molecule has 6 aromatic rings. The fourth-order valence-corrected chi connectivity index (χ4v) is 4.58. The standard InChI is InChI=1S/C27H17Cl2N5O/c28-18-13-12-16(14-19(18)29)34-25(30)23(24-26(34)32-22-10-4-3-9-21(22)31-24)27(35)33-20-11-5-7-15-6-1-2-8-17(15)20/h1-14H,30H2,(H,33,35). The van der Waals surface area contributed by atoms with Gasteiger partial charge in [0.25, 0.3) is 5.91 Å². The molecule has 0 radical (unpaired) electrons. The quantitative estimate of drug-likeness (QED) is 0.279. The summed E-state index contributed by atoms with van der Waals surface area (Å²) in [5.74, 6) is -0.182. The van der Waals surface area contributed by atoms with Crippen molar-refractivity contribution >= 4 is 73.6 Å². The fourth-order valence-electron chi connectivity index (χ4n) is 4.29.